The molecule has 1 aliphatic heterocycles. The molecule has 0 aromatic heterocycles. The summed E-state index contributed by atoms with van der Waals surface area (Å²) in [4.78, 5) is 26.3. The molecule has 1 fully saturated rings. The molecule has 172 valence electrons. The van der Waals surface area contributed by atoms with Gasteiger partial charge in [-0.05, 0) is 74.1 Å². The fraction of sp³-hybridized carbons (Fsp3) is 0.391. The van der Waals surface area contributed by atoms with Crippen LogP contribution in [0.5, 0.6) is 5.75 Å². The lowest BCUT2D eigenvalue weighted by Crippen LogP contribution is -2.36. The average Bonchev–Trinajstić information content (AvgIpc) is 2.78. The van der Waals surface area contributed by atoms with Crippen molar-refractivity contribution in [2.24, 2.45) is 0 Å². The molecule has 1 heterocycles. The molecule has 2 amide bonds. The molecule has 0 atom stereocenters. The van der Waals surface area contributed by atoms with Gasteiger partial charge in [-0.15, -0.1) is 13.2 Å². The van der Waals surface area contributed by atoms with Crippen LogP contribution in [0.4, 0.5) is 24.5 Å². The van der Waals surface area contributed by atoms with Gasteiger partial charge in [-0.1, -0.05) is 12.1 Å². The number of aryl methyl sites for hydroxylation is 1. The molecule has 0 bridgehead atoms. The minimum atomic E-state index is -4.79. The molecule has 6 nitrogen and oxygen atoms in total. The number of nitrogens with one attached hydrogen (secondary N) is 2. The summed E-state index contributed by atoms with van der Waals surface area (Å²) in [6, 6.07) is 13.0. The van der Waals surface area contributed by atoms with E-state index in [0.29, 0.717) is 13.0 Å². The lowest BCUT2D eigenvalue weighted by Gasteiger charge is -2.28. The molecule has 0 saturated carbocycles. The highest BCUT2D eigenvalue weighted by Crippen LogP contribution is 2.24. The molecule has 0 spiro atoms. The van der Waals surface area contributed by atoms with E-state index in [-0.39, 0.29) is 5.69 Å². The van der Waals surface area contributed by atoms with Crippen LogP contribution in [0.2, 0.25) is 0 Å². The Hall–Kier alpha value is -3.23. The van der Waals surface area contributed by atoms with Crippen LogP contribution in [0, 0.1) is 0 Å². The van der Waals surface area contributed by atoms with E-state index in [2.05, 4.69) is 44.5 Å². The lowest BCUT2D eigenvalue weighted by atomic mass is 10.1. The zero-order valence-corrected chi connectivity index (χ0v) is 17.6. The highest BCUT2D eigenvalue weighted by molar-refractivity contribution is 6.39. The number of carbonyl (C=O) groups excluding carboxylic acids is 2. The molecule has 1 aliphatic rings. The first-order valence-electron chi connectivity index (χ1n) is 10.6. The van der Waals surface area contributed by atoms with Gasteiger partial charge in [0.1, 0.15) is 5.75 Å². The summed E-state index contributed by atoms with van der Waals surface area (Å²) < 4.78 is 40.2. The average molecular weight is 449 g/mol. The first-order chi connectivity index (χ1) is 15.3. The summed E-state index contributed by atoms with van der Waals surface area (Å²) in [6.07, 6.45) is 0.398. The number of alkyl halides is 3. The maximum Gasteiger partial charge on any atom is 0.573 e. The Bertz CT molecular complexity index is 893. The molecular formula is C23H26F3N3O3. The van der Waals surface area contributed by atoms with Crippen molar-refractivity contribution in [2.75, 3.05) is 29.9 Å². The minimum absolute atomic E-state index is 0.188. The van der Waals surface area contributed by atoms with Crippen molar-refractivity contribution >= 4 is 23.2 Å². The Morgan fingerprint density at radius 1 is 0.906 bits per heavy atom. The number of rotatable bonds is 7. The fourth-order valence-electron chi connectivity index (χ4n) is 3.53. The second-order valence-corrected chi connectivity index (χ2v) is 7.60. The maximum atomic E-state index is 12.2. The SMILES string of the molecule is O=C(NCCCc1ccc(N2CCCCC2)cc1)C(=O)Nc1ccc(OC(F)(F)F)cc1. The number of halogens is 3. The second kappa shape index (κ2) is 10.9. The molecule has 0 aliphatic carbocycles. The molecule has 2 aromatic carbocycles. The van der Waals surface area contributed by atoms with Crippen LogP contribution < -0.4 is 20.3 Å². The number of piperidine rings is 1. The van der Waals surface area contributed by atoms with Crippen LogP contribution in [0.25, 0.3) is 0 Å². The normalized spacial score (nSPS) is 14.0. The monoisotopic (exact) mass is 449 g/mol. The zero-order chi connectivity index (χ0) is 23.0. The molecule has 9 heteroatoms. The molecular weight excluding hydrogens is 423 g/mol. The Labute approximate surface area is 184 Å². The Morgan fingerprint density at radius 3 is 2.19 bits per heavy atom. The molecule has 32 heavy (non-hydrogen) atoms. The van der Waals surface area contributed by atoms with Gasteiger partial charge in [0.25, 0.3) is 0 Å². The highest BCUT2D eigenvalue weighted by atomic mass is 19.4. The van der Waals surface area contributed by atoms with Crippen LogP contribution in [-0.4, -0.2) is 37.8 Å². The van der Waals surface area contributed by atoms with E-state index in [0.717, 1.165) is 37.2 Å². The highest BCUT2D eigenvalue weighted by Gasteiger charge is 2.31. The predicted molar refractivity (Wildman–Crippen MR) is 116 cm³/mol. The van der Waals surface area contributed by atoms with Gasteiger partial charge in [0.2, 0.25) is 0 Å². The summed E-state index contributed by atoms with van der Waals surface area (Å²) in [7, 11) is 0. The van der Waals surface area contributed by atoms with Gasteiger partial charge in [-0.25, -0.2) is 0 Å². The van der Waals surface area contributed by atoms with Crippen LogP contribution in [0.15, 0.2) is 48.5 Å². The van der Waals surface area contributed by atoms with Crippen molar-refractivity contribution < 1.29 is 27.5 Å². The zero-order valence-electron chi connectivity index (χ0n) is 17.6. The number of benzene rings is 2. The first kappa shape index (κ1) is 23.4. The van der Waals surface area contributed by atoms with Crippen LogP contribution in [-0.2, 0) is 16.0 Å². The van der Waals surface area contributed by atoms with Crippen LogP contribution >= 0.6 is 0 Å². The van der Waals surface area contributed by atoms with Gasteiger partial charge in [-0.3, -0.25) is 9.59 Å². The predicted octanol–water partition coefficient (Wildman–Crippen LogP) is 4.26. The molecule has 0 radical (unpaired) electrons. The van der Waals surface area contributed by atoms with Crippen molar-refractivity contribution in [3.05, 3.63) is 54.1 Å². The summed E-state index contributed by atoms with van der Waals surface area (Å²) in [5, 5.41) is 4.88. The van der Waals surface area contributed by atoms with Crippen molar-refractivity contribution in [3.8, 4) is 5.75 Å². The Kier molecular flexibility index (Phi) is 7.97. The van der Waals surface area contributed by atoms with E-state index >= 15 is 0 Å². The third kappa shape index (κ3) is 7.47. The van der Waals surface area contributed by atoms with Crippen molar-refractivity contribution in [1.82, 2.24) is 5.32 Å². The number of hydrogen-bond donors (Lipinski definition) is 2. The topological polar surface area (TPSA) is 70.7 Å². The Morgan fingerprint density at radius 2 is 1.56 bits per heavy atom. The summed E-state index contributed by atoms with van der Waals surface area (Å²) in [6.45, 7) is 2.52. The van der Waals surface area contributed by atoms with E-state index in [1.807, 2.05) is 0 Å². The second-order valence-electron chi connectivity index (χ2n) is 7.60. The standard InChI is InChI=1S/C23H26F3N3O3/c24-23(25,26)32-20-12-8-18(9-13-20)28-22(31)21(30)27-14-4-5-17-6-10-19(11-7-17)29-15-2-1-3-16-29/h6-13H,1-5,14-16H2,(H,27,30)(H,28,31). The quantitative estimate of drug-likeness (QED) is 0.490. The van der Waals surface area contributed by atoms with Gasteiger partial charge < -0.3 is 20.3 Å². The van der Waals surface area contributed by atoms with Gasteiger partial charge in [0, 0.05) is 31.0 Å². The molecule has 0 unspecified atom stereocenters. The Balaban J connectivity index is 1.36. The lowest BCUT2D eigenvalue weighted by molar-refractivity contribution is -0.274. The number of amides is 2. The van der Waals surface area contributed by atoms with Crippen molar-refractivity contribution in [1.29, 1.82) is 0 Å². The molecule has 3 rings (SSSR count). The number of ether oxygens (including phenoxy) is 1. The number of nitrogens with zero attached hydrogens (tertiary/aromatic N) is 1. The van der Waals surface area contributed by atoms with E-state index < -0.39 is 23.9 Å². The van der Waals surface area contributed by atoms with Gasteiger partial charge in [0.05, 0.1) is 0 Å². The van der Waals surface area contributed by atoms with E-state index in [1.54, 1.807) is 0 Å². The van der Waals surface area contributed by atoms with E-state index in [4.69, 9.17) is 0 Å². The minimum Gasteiger partial charge on any atom is -0.406 e. The maximum absolute atomic E-state index is 12.2. The first-order valence-corrected chi connectivity index (χ1v) is 10.6. The molecule has 2 N–H and O–H groups in total. The largest absolute Gasteiger partial charge is 0.573 e. The third-order valence-electron chi connectivity index (χ3n) is 5.14. The van der Waals surface area contributed by atoms with Crippen LogP contribution in [0.3, 0.4) is 0 Å². The molecule has 1 saturated heterocycles. The van der Waals surface area contributed by atoms with Gasteiger partial charge >= 0.3 is 18.2 Å². The number of hydrogen-bond acceptors (Lipinski definition) is 4. The summed E-state index contributed by atoms with van der Waals surface area (Å²) >= 11 is 0. The van der Waals surface area contributed by atoms with E-state index in [9.17, 15) is 22.8 Å². The van der Waals surface area contributed by atoms with E-state index in [1.165, 1.54) is 37.1 Å². The van der Waals surface area contributed by atoms with Gasteiger partial charge in [0.15, 0.2) is 0 Å². The summed E-state index contributed by atoms with van der Waals surface area (Å²) in [5.74, 6) is -2.11. The third-order valence-corrected chi connectivity index (χ3v) is 5.14. The number of carbonyl (C=O) groups is 2. The number of anilines is 2. The van der Waals surface area contributed by atoms with Crippen molar-refractivity contribution in [2.45, 2.75) is 38.5 Å². The summed E-state index contributed by atoms with van der Waals surface area (Å²) in [5.41, 5.74) is 2.58. The smallest absolute Gasteiger partial charge is 0.406 e. The van der Waals surface area contributed by atoms with Crippen molar-refractivity contribution in [3.63, 3.8) is 0 Å². The fourth-order valence-corrected chi connectivity index (χ4v) is 3.53. The van der Waals surface area contributed by atoms with Crippen LogP contribution in [0.1, 0.15) is 31.2 Å². The van der Waals surface area contributed by atoms with Gasteiger partial charge in [-0.2, -0.15) is 0 Å². The molecule has 2 aromatic rings.